The predicted molar refractivity (Wildman–Crippen MR) is 153 cm³/mol. The normalized spacial score (nSPS) is 11.2. The van der Waals surface area contributed by atoms with Gasteiger partial charge in [-0.1, -0.05) is 35.9 Å². The summed E-state index contributed by atoms with van der Waals surface area (Å²) in [5.41, 5.74) is 6.60. The highest BCUT2D eigenvalue weighted by molar-refractivity contribution is 6.33. The number of halogens is 3. The van der Waals surface area contributed by atoms with E-state index < -0.39 is 17.3 Å². The second-order valence-electron chi connectivity index (χ2n) is 8.37. The van der Waals surface area contributed by atoms with Crippen molar-refractivity contribution in [2.24, 2.45) is 4.99 Å². The van der Waals surface area contributed by atoms with Crippen molar-refractivity contribution < 1.29 is 18.3 Å². The maximum atomic E-state index is 14.8. The first kappa shape index (κ1) is 28.1. The van der Waals surface area contributed by atoms with E-state index in [0.717, 1.165) is 5.69 Å². The first-order valence-corrected chi connectivity index (χ1v) is 12.2. The van der Waals surface area contributed by atoms with Gasteiger partial charge in [-0.05, 0) is 36.4 Å². The lowest BCUT2D eigenvalue weighted by molar-refractivity contribution is 0.112. The molecule has 0 amide bonds. The Kier molecular flexibility index (Phi) is 8.65. The van der Waals surface area contributed by atoms with E-state index in [4.69, 9.17) is 32.5 Å². The number of hydrogen-bond acceptors (Lipinski definition) is 8. The number of nitrogens with two attached hydrogens (primary N) is 1. The number of ether oxygens (including phenoxy) is 1. The number of likely N-dealkylation sites (N-methyl/N-ethyl adjacent to an activating group) is 1. The molecule has 0 saturated carbocycles. The predicted octanol–water partition coefficient (Wildman–Crippen LogP) is 5.51. The second-order valence-corrected chi connectivity index (χ2v) is 8.77. The van der Waals surface area contributed by atoms with Crippen LogP contribution in [0.15, 0.2) is 72.0 Å². The summed E-state index contributed by atoms with van der Waals surface area (Å²) in [6.07, 6.45) is 1.81. The molecule has 4 rings (SSSR count). The highest BCUT2D eigenvalue weighted by atomic mass is 35.5. The van der Waals surface area contributed by atoms with E-state index in [1.807, 2.05) is 30.3 Å². The number of carbonyl (C=O) groups excluding carboxylic acids is 1. The van der Waals surface area contributed by atoms with Gasteiger partial charge in [-0.25, -0.2) is 19.4 Å². The van der Waals surface area contributed by atoms with E-state index in [0.29, 0.717) is 17.8 Å². The van der Waals surface area contributed by atoms with Crippen molar-refractivity contribution in [2.75, 3.05) is 36.7 Å². The number of aliphatic imine (C=N–C) groups is 1. The summed E-state index contributed by atoms with van der Waals surface area (Å²) < 4.78 is 34.1. The summed E-state index contributed by atoms with van der Waals surface area (Å²) in [5.74, 6) is -2.40. The monoisotopic (exact) mass is 563 g/mol. The van der Waals surface area contributed by atoms with Gasteiger partial charge in [-0.15, -0.1) is 0 Å². The van der Waals surface area contributed by atoms with Crippen LogP contribution < -0.4 is 20.7 Å². The maximum Gasteiger partial charge on any atom is 0.201 e. The third kappa shape index (κ3) is 5.74. The molecule has 9 nitrogen and oxygen atoms in total. The minimum absolute atomic E-state index is 0.0202. The highest BCUT2D eigenvalue weighted by Gasteiger charge is 2.23. The Morgan fingerprint density at radius 3 is 2.58 bits per heavy atom. The molecule has 1 heterocycles. The molecule has 0 aliphatic heterocycles. The van der Waals surface area contributed by atoms with E-state index in [-0.39, 0.29) is 45.6 Å². The number of nitrogens with zero attached hydrogens (tertiary/aromatic N) is 4. The van der Waals surface area contributed by atoms with Gasteiger partial charge in [0, 0.05) is 18.3 Å². The van der Waals surface area contributed by atoms with Crippen LogP contribution in [0.25, 0.3) is 0 Å². The van der Waals surface area contributed by atoms with Gasteiger partial charge in [0.25, 0.3) is 0 Å². The molecule has 0 spiro atoms. The summed E-state index contributed by atoms with van der Waals surface area (Å²) in [5, 5.41) is 12.0. The Bertz CT molecular complexity index is 1600. The van der Waals surface area contributed by atoms with Crippen LogP contribution in [0.3, 0.4) is 0 Å². The summed E-state index contributed by atoms with van der Waals surface area (Å²) in [4.78, 5) is 26.3. The number of nitrogen functional groups attached to an aromatic ring is 1. The smallest absolute Gasteiger partial charge is 0.201 e. The van der Waals surface area contributed by atoms with Crippen molar-refractivity contribution in [2.45, 2.75) is 0 Å². The van der Waals surface area contributed by atoms with E-state index in [1.165, 1.54) is 25.6 Å². The number of aldehydes is 1. The number of para-hydroxylation sites is 1. The maximum absolute atomic E-state index is 14.8. The largest absolute Gasteiger partial charge is 0.494 e. The lowest BCUT2D eigenvalue weighted by atomic mass is 10.0. The quantitative estimate of drug-likeness (QED) is 0.139. The lowest BCUT2D eigenvalue weighted by Crippen LogP contribution is -2.33. The van der Waals surface area contributed by atoms with E-state index in [9.17, 15) is 13.6 Å². The van der Waals surface area contributed by atoms with Gasteiger partial charge >= 0.3 is 0 Å². The van der Waals surface area contributed by atoms with Crippen LogP contribution in [0.1, 0.15) is 21.5 Å². The molecule has 1 aromatic heterocycles. The third-order valence-corrected chi connectivity index (χ3v) is 6.33. The first-order valence-electron chi connectivity index (χ1n) is 11.8. The average molecular weight is 564 g/mol. The van der Waals surface area contributed by atoms with Gasteiger partial charge in [-0.3, -0.25) is 10.2 Å². The van der Waals surface area contributed by atoms with E-state index >= 15 is 0 Å². The van der Waals surface area contributed by atoms with Crippen LogP contribution in [0, 0.1) is 17.0 Å². The molecule has 0 aliphatic rings. The Hall–Kier alpha value is -4.90. The number of amidine groups is 1. The van der Waals surface area contributed by atoms with Crippen LogP contribution in [-0.4, -0.2) is 48.5 Å². The Labute approximate surface area is 233 Å². The summed E-state index contributed by atoms with van der Waals surface area (Å²) in [6.45, 7) is 0.0202. The van der Waals surface area contributed by atoms with Crippen LogP contribution >= 0.6 is 11.6 Å². The molecule has 0 radical (unpaired) electrons. The third-order valence-electron chi connectivity index (χ3n) is 6.00. The summed E-state index contributed by atoms with van der Waals surface area (Å²) in [7, 11) is 2.99. The molecule has 4 N–H and O–H groups in total. The second kappa shape index (κ2) is 12.3. The van der Waals surface area contributed by atoms with Crippen molar-refractivity contribution in [3.05, 3.63) is 100 Å². The van der Waals surface area contributed by atoms with Crippen LogP contribution in [0.5, 0.6) is 5.75 Å². The molecule has 0 bridgehead atoms. The SMILES string of the molecule is COc1ccc(C(=N)c2c(N)ncnc2NC/C(=N/c2cccc(Cl)c2C=O)N(C)c2ccccc2)c(F)c1F. The highest BCUT2D eigenvalue weighted by Crippen LogP contribution is 2.29. The van der Waals surface area contributed by atoms with Gasteiger partial charge in [-0.2, -0.15) is 4.39 Å². The standard InChI is InChI=1S/C28H24ClF2N7O2/c1-38(16-7-4-3-5-8-16)22(37-20-10-6-9-19(29)18(20)14-39)13-34-28-23(27(33)35-15-36-28)26(32)17-11-12-21(40-2)25(31)24(17)30/h3-12,14-15,32H,13H2,1-2H3,(H3,33,34,35,36)/b32-26?,37-22-. The van der Waals surface area contributed by atoms with Crippen LogP contribution in [0.4, 0.5) is 31.8 Å². The summed E-state index contributed by atoms with van der Waals surface area (Å²) in [6, 6.07) is 16.7. The van der Waals surface area contributed by atoms with Gasteiger partial charge < -0.3 is 20.7 Å². The molecule has 204 valence electrons. The zero-order chi connectivity index (χ0) is 28.8. The number of aromatic nitrogens is 2. The first-order chi connectivity index (χ1) is 19.3. The topological polar surface area (TPSA) is 130 Å². The number of anilines is 3. The fourth-order valence-electron chi connectivity index (χ4n) is 3.87. The molecular weight excluding hydrogens is 540 g/mol. The van der Waals surface area contributed by atoms with Crippen molar-refractivity contribution in [3.8, 4) is 5.75 Å². The zero-order valence-electron chi connectivity index (χ0n) is 21.5. The van der Waals surface area contributed by atoms with Crippen molar-refractivity contribution in [1.82, 2.24) is 9.97 Å². The van der Waals surface area contributed by atoms with Crippen molar-refractivity contribution in [3.63, 3.8) is 0 Å². The molecule has 0 atom stereocenters. The zero-order valence-corrected chi connectivity index (χ0v) is 22.2. The minimum atomic E-state index is -1.27. The molecule has 0 aliphatic carbocycles. The molecule has 40 heavy (non-hydrogen) atoms. The molecule has 12 heteroatoms. The van der Waals surface area contributed by atoms with Crippen LogP contribution in [-0.2, 0) is 0 Å². The van der Waals surface area contributed by atoms with Gasteiger partial charge in [0.15, 0.2) is 17.9 Å². The number of methoxy groups -OCH3 is 1. The fourth-order valence-corrected chi connectivity index (χ4v) is 4.09. The molecule has 4 aromatic rings. The Morgan fingerprint density at radius 1 is 1.12 bits per heavy atom. The van der Waals surface area contributed by atoms with E-state index in [1.54, 1.807) is 30.1 Å². The van der Waals surface area contributed by atoms with Gasteiger partial charge in [0.05, 0.1) is 41.2 Å². The van der Waals surface area contributed by atoms with E-state index in [2.05, 4.69) is 15.3 Å². The number of carbonyl (C=O) groups is 1. The number of hydrogen-bond donors (Lipinski definition) is 3. The average Bonchev–Trinajstić information content (AvgIpc) is 2.96. The summed E-state index contributed by atoms with van der Waals surface area (Å²) >= 11 is 6.21. The molecule has 0 fully saturated rings. The molecular formula is C28H24ClF2N7O2. The van der Waals surface area contributed by atoms with Gasteiger partial charge in [0.2, 0.25) is 5.82 Å². The minimum Gasteiger partial charge on any atom is -0.494 e. The van der Waals surface area contributed by atoms with Crippen molar-refractivity contribution >= 4 is 52.4 Å². The van der Waals surface area contributed by atoms with Crippen LogP contribution in [0.2, 0.25) is 5.02 Å². The van der Waals surface area contributed by atoms with Gasteiger partial charge in [0.1, 0.15) is 23.8 Å². The van der Waals surface area contributed by atoms with Crippen molar-refractivity contribution in [1.29, 1.82) is 5.41 Å². The Balaban J connectivity index is 1.74. The molecule has 0 saturated heterocycles. The molecule has 3 aromatic carbocycles. The number of benzene rings is 3. The Morgan fingerprint density at radius 2 is 1.88 bits per heavy atom. The fraction of sp³-hybridized carbons (Fsp3) is 0.107. The number of nitrogens with one attached hydrogen (secondary N) is 2. The number of rotatable bonds is 9. The molecule has 0 unspecified atom stereocenters. The lowest BCUT2D eigenvalue weighted by Gasteiger charge is -2.23.